The minimum Gasteiger partial charge on any atom is -0.342 e. The molecule has 0 aromatic rings. The second-order valence-electron chi connectivity index (χ2n) is 3.86. The van der Waals surface area contributed by atoms with Gasteiger partial charge in [-0.15, -0.1) is 0 Å². The summed E-state index contributed by atoms with van der Waals surface area (Å²) in [5, 5.41) is 0. The standard InChI is InChI=1S/C10H18BrNO/c1-8(11)10(13)12(2)9-6-4-3-5-7-9/h8-9H,3-7H2,1-2H3. The Kier molecular flexibility index (Phi) is 4.23. The van der Waals surface area contributed by atoms with Crippen LogP contribution < -0.4 is 0 Å². The number of nitrogens with zero attached hydrogens (tertiary/aromatic N) is 1. The van der Waals surface area contributed by atoms with Crippen molar-refractivity contribution in [3.63, 3.8) is 0 Å². The van der Waals surface area contributed by atoms with Crippen LogP contribution in [0.15, 0.2) is 0 Å². The van der Waals surface area contributed by atoms with Gasteiger partial charge in [-0.3, -0.25) is 4.79 Å². The molecule has 3 heteroatoms. The number of amides is 1. The van der Waals surface area contributed by atoms with E-state index in [1.807, 2.05) is 18.9 Å². The molecule has 1 aliphatic carbocycles. The summed E-state index contributed by atoms with van der Waals surface area (Å²) in [4.78, 5) is 13.5. The van der Waals surface area contributed by atoms with Crippen molar-refractivity contribution >= 4 is 21.8 Å². The molecule has 0 aromatic carbocycles. The highest BCUT2D eigenvalue weighted by Gasteiger charge is 2.23. The number of carbonyl (C=O) groups excluding carboxylic acids is 1. The molecular weight excluding hydrogens is 230 g/mol. The van der Waals surface area contributed by atoms with Crippen LogP contribution in [0.5, 0.6) is 0 Å². The van der Waals surface area contributed by atoms with Crippen LogP contribution in [0, 0.1) is 0 Å². The average Bonchev–Trinajstić information content (AvgIpc) is 2.17. The molecular formula is C10H18BrNO. The first-order valence-corrected chi connectivity index (χ1v) is 5.95. The molecule has 0 aliphatic heterocycles. The predicted molar refractivity (Wildman–Crippen MR) is 58.0 cm³/mol. The Morgan fingerprint density at radius 1 is 1.38 bits per heavy atom. The summed E-state index contributed by atoms with van der Waals surface area (Å²) in [6.07, 6.45) is 6.25. The molecule has 2 nitrogen and oxygen atoms in total. The molecule has 0 heterocycles. The number of alkyl halides is 1. The molecule has 1 rings (SSSR count). The molecule has 1 unspecified atom stereocenters. The van der Waals surface area contributed by atoms with E-state index >= 15 is 0 Å². The molecule has 1 aliphatic rings. The first kappa shape index (κ1) is 11.0. The van der Waals surface area contributed by atoms with Gasteiger partial charge in [0.1, 0.15) is 0 Å². The van der Waals surface area contributed by atoms with Crippen molar-refractivity contribution in [1.29, 1.82) is 0 Å². The van der Waals surface area contributed by atoms with Gasteiger partial charge in [-0.1, -0.05) is 35.2 Å². The van der Waals surface area contributed by atoms with Crippen molar-refractivity contribution in [3.05, 3.63) is 0 Å². The van der Waals surface area contributed by atoms with E-state index in [4.69, 9.17) is 0 Å². The van der Waals surface area contributed by atoms with Crippen molar-refractivity contribution in [2.24, 2.45) is 0 Å². The smallest absolute Gasteiger partial charge is 0.236 e. The van der Waals surface area contributed by atoms with Crippen LogP contribution in [0.1, 0.15) is 39.0 Å². The van der Waals surface area contributed by atoms with Gasteiger partial charge in [-0.2, -0.15) is 0 Å². The Balaban J connectivity index is 2.45. The van der Waals surface area contributed by atoms with E-state index in [0.29, 0.717) is 6.04 Å². The third-order valence-electron chi connectivity index (χ3n) is 2.81. The molecule has 1 fully saturated rings. The van der Waals surface area contributed by atoms with Gasteiger partial charge in [0.2, 0.25) is 5.91 Å². The first-order valence-electron chi connectivity index (χ1n) is 5.03. The molecule has 1 saturated carbocycles. The average molecular weight is 248 g/mol. The van der Waals surface area contributed by atoms with E-state index in [-0.39, 0.29) is 10.7 Å². The summed E-state index contributed by atoms with van der Waals surface area (Å²) in [6, 6.07) is 0.487. The fourth-order valence-electron chi connectivity index (χ4n) is 1.93. The third kappa shape index (κ3) is 2.97. The van der Waals surface area contributed by atoms with Crippen LogP contribution in [-0.2, 0) is 4.79 Å². The lowest BCUT2D eigenvalue weighted by atomic mass is 9.94. The van der Waals surface area contributed by atoms with Crippen LogP contribution in [-0.4, -0.2) is 28.7 Å². The molecule has 1 amide bonds. The number of hydrogen-bond acceptors (Lipinski definition) is 1. The van der Waals surface area contributed by atoms with E-state index in [1.54, 1.807) is 0 Å². The minimum atomic E-state index is -0.0422. The zero-order valence-corrected chi connectivity index (χ0v) is 10.0. The molecule has 76 valence electrons. The molecule has 1 atom stereocenters. The van der Waals surface area contributed by atoms with Gasteiger partial charge in [-0.05, 0) is 19.8 Å². The summed E-state index contributed by atoms with van der Waals surface area (Å²) >= 11 is 3.32. The maximum absolute atomic E-state index is 11.6. The molecule has 0 aromatic heterocycles. The number of hydrogen-bond donors (Lipinski definition) is 0. The minimum absolute atomic E-state index is 0.0422. The van der Waals surface area contributed by atoms with Gasteiger partial charge >= 0.3 is 0 Å². The van der Waals surface area contributed by atoms with Crippen molar-refractivity contribution < 1.29 is 4.79 Å². The van der Waals surface area contributed by atoms with E-state index < -0.39 is 0 Å². The summed E-state index contributed by atoms with van der Waals surface area (Å²) in [7, 11) is 1.93. The van der Waals surface area contributed by atoms with Crippen molar-refractivity contribution in [2.75, 3.05) is 7.05 Å². The lowest BCUT2D eigenvalue weighted by Crippen LogP contribution is -2.41. The van der Waals surface area contributed by atoms with Gasteiger partial charge in [0.15, 0.2) is 0 Å². The molecule has 0 N–H and O–H groups in total. The van der Waals surface area contributed by atoms with E-state index in [1.165, 1.54) is 32.1 Å². The Hall–Kier alpha value is -0.0500. The number of rotatable bonds is 2. The van der Waals surface area contributed by atoms with Gasteiger partial charge in [0.25, 0.3) is 0 Å². The Bertz CT molecular complexity index is 176. The lowest BCUT2D eigenvalue weighted by Gasteiger charge is -2.32. The Morgan fingerprint density at radius 3 is 2.38 bits per heavy atom. The van der Waals surface area contributed by atoms with Crippen LogP contribution in [0.3, 0.4) is 0 Å². The van der Waals surface area contributed by atoms with Crippen molar-refractivity contribution in [3.8, 4) is 0 Å². The van der Waals surface area contributed by atoms with Crippen molar-refractivity contribution in [1.82, 2.24) is 4.90 Å². The Labute approximate surface area is 88.8 Å². The second-order valence-corrected chi connectivity index (χ2v) is 5.23. The van der Waals surface area contributed by atoms with Gasteiger partial charge in [0.05, 0.1) is 4.83 Å². The van der Waals surface area contributed by atoms with Crippen molar-refractivity contribution in [2.45, 2.75) is 49.9 Å². The summed E-state index contributed by atoms with van der Waals surface area (Å²) in [5.41, 5.74) is 0. The Morgan fingerprint density at radius 2 is 1.92 bits per heavy atom. The molecule has 13 heavy (non-hydrogen) atoms. The highest BCUT2D eigenvalue weighted by Crippen LogP contribution is 2.22. The first-order chi connectivity index (χ1) is 6.13. The van der Waals surface area contributed by atoms with E-state index in [9.17, 15) is 4.79 Å². The molecule has 0 radical (unpaired) electrons. The van der Waals surface area contributed by atoms with Gasteiger partial charge in [0, 0.05) is 13.1 Å². The monoisotopic (exact) mass is 247 g/mol. The quantitative estimate of drug-likeness (QED) is 0.688. The number of halogens is 1. The fraction of sp³-hybridized carbons (Fsp3) is 0.900. The number of carbonyl (C=O) groups is 1. The van der Waals surface area contributed by atoms with Gasteiger partial charge in [-0.25, -0.2) is 0 Å². The normalized spacial score (nSPS) is 21.2. The third-order valence-corrected chi connectivity index (χ3v) is 3.20. The summed E-state index contributed by atoms with van der Waals surface area (Å²) < 4.78 is 0. The van der Waals surface area contributed by atoms with Crippen LogP contribution in [0.25, 0.3) is 0 Å². The van der Waals surface area contributed by atoms with Gasteiger partial charge < -0.3 is 4.90 Å². The molecule has 0 spiro atoms. The zero-order valence-electron chi connectivity index (χ0n) is 8.42. The molecule has 0 bridgehead atoms. The SMILES string of the molecule is CC(Br)C(=O)N(C)C1CCCCC1. The summed E-state index contributed by atoms with van der Waals surface area (Å²) in [6.45, 7) is 1.89. The van der Waals surface area contributed by atoms with E-state index in [0.717, 1.165) is 0 Å². The van der Waals surface area contributed by atoms with Crippen LogP contribution in [0.2, 0.25) is 0 Å². The van der Waals surface area contributed by atoms with E-state index in [2.05, 4.69) is 15.9 Å². The zero-order chi connectivity index (χ0) is 9.84. The second kappa shape index (κ2) is 4.99. The maximum Gasteiger partial charge on any atom is 0.236 e. The summed E-state index contributed by atoms with van der Waals surface area (Å²) in [5.74, 6) is 0.215. The highest BCUT2D eigenvalue weighted by molar-refractivity contribution is 9.10. The highest BCUT2D eigenvalue weighted by atomic mass is 79.9. The van der Waals surface area contributed by atoms with Crippen LogP contribution >= 0.6 is 15.9 Å². The fourth-order valence-corrected chi connectivity index (χ4v) is 2.25. The largest absolute Gasteiger partial charge is 0.342 e. The topological polar surface area (TPSA) is 20.3 Å². The predicted octanol–water partition coefficient (Wildman–Crippen LogP) is 2.56. The molecule has 0 saturated heterocycles. The lowest BCUT2D eigenvalue weighted by molar-refractivity contribution is -0.131. The van der Waals surface area contributed by atoms with Crippen LogP contribution in [0.4, 0.5) is 0 Å². The maximum atomic E-state index is 11.6.